The van der Waals surface area contributed by atoms with Crippen molar-refractivity contribution in [2.45, 2.75) is 39.5 Å². The number of amides is 1. The van der Waals surface area contributed by atoms with Crippen LogP contribution < -0.4 is 0 Å². The first-order chi connectivity index (χ1) is 9.11. The van der Waals surface area contributed by atoms with Gasteiger partial charge >= 0.3 is 0 Å². The predicted octanol–water partition coefficient (Wildman–Crippen LogP) is 3.35. The van der Waals surface area contributed by atoms with Gasteiger partial charge in [0.1, 0.15) is 5.75 Å². The van der Waals surface area contributed by atoms with Crippen LogP contribution >= 0.6 is 0 Å². The molecule has 1 aliphatic heterocycles. The van der Waals surface area contributed by atoms with E-state index in [4.69, 9.17) is 0 Å². The van der Waals surface area contributed by atoms with E-state index in [0.717, 1.165) is 37.4 Å². The largest absolute Gasteiger partial charge is 0.507 e. The monoisotopic (exact) mass is 261 g/mol. The zero-order chi connectivity index (χ0) is 13.8. The van der Waals surface area contributed by atoms with E-state index in [-0.39, 0.29) is 11.7 Å². The maximum Gasteiger partial charge on any atom is 0.257 e. The third-order valence-electron chi connectivity index (χ3n) is 4.09. The molecule has 1 heterocycles. The Morgan fingerprint density at radius 1 is 1.37 bits per heavy atom. The number of carbonyl (C=O) groups is 1. The van der Waals surface area contributed by atoms with Crippen LogP contribution in [0.1, 0.15) is 48.5 Å². The van der Waals surface area contributed by atoms with Crippen LogP contribution in [0.5, 0.6) is 5.75 Å². The summed E-state index contributed by atoms with van der Waals surface area (Å²) in [6.07, 6.45) is 4.55. The van der Waals surface area contributed by atoms with Gasteiger partial charge in [-0.25, -0.2) is 0 Å². The number of nitrogens with zero attached hydrogens (tertiary/aromatic N) is 1. The molecule has 19 heavy (non-hydrogen) atoms. The van der Waals surface area contributed by atoms with E-state index in [0.29, 0.717) is 5.56 Å². The molecular weight excluding hydrogens is 238 g/mol. The molecule has 1 saturated heterocycles. The Labute approximate surface area is 115 Å². The van der Waals surface area contributed by atoms with E-state index in [2.05, 4.69) is 6.92 Å². The molecule has 1 fully saturated rings. The highest BCUT2D eigenvalue weighted by Gasteiger charge is 2.22. The number of phenols is 1. The Hall–Kier alpha value is -1.51. The smallest absolute Gasteiger partial charge is 0.257 e. The number of benzene rings is 1. The molecule has 0 saturated carbocycles. The summed E-state index contributed by atoms with van der Waals surface area (Å²) in [5.41, 5.74) is 1.44. The van der Waals surface area contributed by atoms with E-state index < -0.39 is 0 Å². The average molecular weight is 261 g/mol. The van der Waals surface area contributed by atoms with Gasteiger partial charge in [0.05, 0.1) is 5.56 Å². The van der Waals surface area contributed by atoms with Gasteiger partial charge in [-0.2, -0.15) is 0 Å². The van der Waals surface area contributed by atoms with Crippen LogP contribution in [0.3, 0.4) is 0 Å². The molecule has 1 N–H and O–H groups in total. The van der Waals surface area contributed by atoms with Crippen molar-refractivity contribution in [2.75, 3.05) is 13.1 Å². The van der Waals surface area contributed by atoms with Crippen molar-refractivity contribution < 1.29 is 9.90 Å². The summed E-state index contributed by atoms with van der Waals surface area (Å²) in [5, 5.41) is 9.86. The third kappa shape index (κ3) is 3.28. The Balaban J connectivity index is 2.13. The molecule has 0 spiro atoms. The number of rotatable bonds is 2. The molecule has 3 heteroatoms. The van der Waals surface area contributed by atoms with Crippen molar-refractivity contribution in [3.05, 3.63) is 29.3 Å². The normalized spacial score (nSPS) is 20.1. The van der Waals surface area contributed by atoms with Crippen LogP contribution in [-0.2, 0) is 0 Å². The first-order valence-corrected chi connectivity index (χ1v) is 7.20. The summed E-state index contributed by atoms with van der Waals surface area (Å²) in [6, 6.07) is 5.21. The lowest BCUT2D eigenvalue weighted by atomic mass is 9.98. The van der Waals surface area contributed by atoms with Crippen molar-refractivity contribution in [3.8, 4) is 5.75 Å². The van der Waals surface area contributed by atoms with Crippen LogP contribution in [0, 0.1) is 12.8 Å². The molecule has 0 bridgehead atoms. The molecule has 1 aromatic rings. The number of hydrogen-bond acceptors (Lipinski definition) is 2. The Morgan fingerprint density at radius 3 is 2.89 bits per heavy atom. The molecule has 3 nitrogen and oxygen atoms in total. The topological polar surface area (TPSA) is 40.5 Å². The van der Waals surface area contributed by atoms with Gasteiger partial charge < -0.3 is 10.0 Å². The van der Waals surface area contributed by atoms with Crippen molar-refractivity contribution >= 4 is 5.91 Å². The van der Waals surface area contributed by atoms with E-state index in [1.54, 1.807) is 12.1 Å². The van der Waals surface area contributed by atoms with Crippen molar-refractivity contribution in [1.29, 1.82) is 0 Å². The number of aromatic hydroxyl groups is 1. The van der Waals surface area contributed by atoms with Crippen LogP contribution in [0.15, 0.2) is 18.2 Å². The highest BCUT2D eigenvalue weighted by Crippen LogP contribution is 2.24. The summed E-state index contributed by atoms with van der Waals surface area (Å²) in [7, 11) is 0. The molecule has 1 unspecified atom stereocenters. The van der Waals surface area contributed by atoms with E-state index in [9.17, 15) is 9.90 Å². The van der Waals surface area contributed by atoms with Gasteiger partial charge in [-0.3, -0.25) is 4.79 Å². The fourth-order valence-electron chi connectivity index (χ4n) is 2.77. The highest BCUT2D eigenvalue weighted by molar-refractivity contribution is 5.97. The quantitative estimate of drug-likeness (QED) is 0.887. The molecule has 0 aromatic heterocycles. The SMILES string of the molecule is CCC1CCCN(C(=O)c2cc(C)ccc2O)CC1. The fourth-order valence-corrected chi connectivity index (χ4v) is 2.77. The number of hydrogen-bond donors (Lipinski definition) is 1. The molecule has 0 radical (unpaired) electrons. The molecule has 1 amide bonds. The number of phenolic OH excluding ortho intramolecular Hbond substituents is 1. The summed E-state index contributed by atoms with van der Waals surface area (Å²) < 4.78 is 0. The van der Waals surface area contributed by atoms with Gasteiger partial charge in [0, 0.05) is 13.1 Å². The predicted molar refractivity (Wildman–Crippen MR) is 76.4 cm³/mol. The van der Waals surface area contributed by atoms with Gasteiger partial charge in [0.15, 0.2) is 0 Å². The molecule has 2 rings (SSSR count). The lowest BCUT2D eigenvalue weighted by molar-refractivity contribution is 0.0757. The molecule has 1 atom stereocenters. The Morgan fingerprint density at radius 2 is 2.16 bits per heavy atom. The van der Waals surface area contributed by atoms with Gasteiger partial charge in [0.2, 0.25) is 0 Å². The van der Waals surface area contributed by atoms with Gasteiger partial charge in [-0.1, -0.05) is 25.0 Å². The maximum atomic E-state index is 12.5. The van der Waals surface area contributed by atoms with Gasteiger partial charge in [-0.05, 0) is 44.2 Å². The zero-order valence-electron chi connectivity index (χ0n) is 11.9. The van der Waals surface area contributed by atoms with Gasteiger partial charge in [0.25, 0.3) is 5.91 Å². The van der Waals surface area contributed by atoms with Crippen molar-refractivity contribution in [1.82, 2.24) is 4.90 Å². The minimum Gasteiger partial charge on any atom is -0.507 e. The maximum absolute atomic E-state index is 12.5. The van der Waals surface area contributed by atoms with E-state index in [1.165, 1.54) is 12.8 Å². The summed E-state index contributed by atoms with van der Waals surface area (Å²) in [6.45, 7) is 5.77. The first kappa shape index (κ1) is 13.9. The molecule has 1 aliphatic rings. The standard InChI is InChI=1S/C16H23NO2/c1-3-13-5-4-9-17(10-8-13)16(19)14-11-12(2)6-7-15(14)18/h6-7,11,13,18H,3-5,8-10H2,1-2H3. The zero-order valence-corrected chi connectivity index (χ0v) is 11.9. The lowest BCUT2D eigenvalue weighted by Crippen LogP contribution is -2.32. The third-order valence-corrected chi connectivity index (χ3v) is 4.09. The molecular formula is C16H23NO2. The van der Waals surface area contributed by atoms with Crippen LogP contribution in [-0.4, -0.2) is 29.0 Å². The second-order valence-electron chi connectivity index (χ2n) is 5.52. The Bertz CT molecular complexity index is 456. The molecule has 1 aromatic carbocycles. The number of likely N-dealkylation sites (tertiary alicyclic amines) is 1. The van der Waals surface area contributed by atoms with Crippen LogP contribution in [0.25, 0.3) is 0 Å². The second kappa shape index (κ2) is 6.09. The van der Waals surface area contributed by atoms with E-state index >= 15 is 0 Å². The molecule has 0 aliphatic carbocycles. The first-order valence-electron chi connectivity index (χ1n) is 7.20. The Kier molecular flexibility index (Phi) is 4.46. The van der Waals surface area contributed by atoms with E-state index in [1.807, 2.05) is 17.9 Å². The minimum absolute atomic E-state index is 0.0297. The minimum atomic E-state index is -0.0297. The van der Waals surface area contributed by atoms with Crippen LogP contribution in [0.4, 0.5) is 0 Å². The molecule has 104 valence electrons. The number of carbonyl (C=O) groups excluding carboxylic acids is 1. The van der Waals surface area contributed by atoms with Gasteiger partial charge in [-0.15, -0.1) is 0 Å². The second-order valence-corrected chi connectivity index (χ2v) is 5.52. The lowest BCUT2D eigenvalue weighted by Gasteiger charge is -2.21. The summed E-state index contributed by atoms with van der Waals surface area (Å²) in [4.78, 5) is 14.4. The fraction of sp³-hybridized carbons (Fsp3) is 0.562. The summed E-state index contributed by atoms with van der Waals surface area (Å²) >= 11 is 0. The highest BCUT2D eigenvalue weighted by atomic mass is 16.3. The average Bonchev–Trinajstić information content (AvgIpc) is 2.66. The summed E-state index contributed by atoms with van der Waals surface area (Å²) in [5.74, 6) is 0.800. The van der Waals surface area contributed by atoms with Crippen LogP contribution in [0.2, 0.25) is 0 Å². The van der Waals surface area contributed by atoms with Crippen molar-refractivity contribution in [3.63, 3.8) is 0 Å². The van der Waals surface area contributed by atoms with Crippen molar-refractivity contribution in [2.24, 2.45) is 5.92 Å². The number of aryl methyl sites for hydroxylation is 1.